The van der Waals surface area contributed by atoms with E-state index in [1.165, 1.54) is 17.5 Å². The Morgan fingerprint density at radius 2 is 2.12 bits per heavy atom. The Kier molecular flexibility index (Phi) is 7.05. The van der Waals surface area contributed by atoms with Crippen LogP contribution >= 0.6 is 0 Å². The first-order chi connectivity index (χ1) is 11.8. The van der Waals surface area contributed by atoms with Crippen molar-refractivity contribution in [1.29, 1.82) is 0 Å². The molecule has 1 aliphatic heterocycles. The summed E-state index contributed by atoms with van der Waals surface area (Å²) >= 11 is 0. The van der Waals surface area contributed by atoms with E-state index >= 15 is 0 Å². The van der Waals surface area contributed by atoms with Gasteiger partial charge in [0.25, 0.3) is 0 Å². The van der Waals surface area contributed by atoms with Crippen molar-refractivity contribution < 1.29 is 24.8 Å². The Morgan fingerprint density at radius 3 is 3.00 bits per heavy atom. The monoisotopic (exact) mass is 336 g/mol. The molecule has 1 aromatic rings. The molecule has 3 rings (SSSR count). The molecule has 0 aromatic heterocycles. The summed E-state index contributed by atoms with van der Waals surface area (Å²) in [5, 5.41) is 12.4. The van der Waals surface area contributed by atoms with Gasteiger partial charge in [0.1, 0.15) is 38.8 Å². The van der Waals surface area contributed by atoms with Crippen LogP contribution in [0.25, 0.3) is 0 Å². The Morgan fingerprint density at radius 1 is 1.29 bits per heavy atom. The summed E-state index contributed by atoms with van der Waals surface area (Å²) in [4.78, 5) is 1.61. The van der Waals surface area contributed by atoms with Crippen LogP contribution < -0.4 is 10.2 Å². The molecule has 0 spiro atoms. The lowest BCUT2D eigenvalue weighted by atomic mass is 9.89. The predicted molar refractivity (Wildman–Crippen MR) is 92.1 cm³/mol. The van der Waals surface area contributed by atoms with Crippen molar-refractivity contribution >= 4 is 0 Å². The van der Waals surface area contributed by atoms with Gasteiger partial charge in [-0.25, -0.2) is 0 Å². The molecule has 4 N–H and O–H groups in total. The number of aryl methyl sites for hydroxylation is 1. The van der Waals surface area contributed by atoms with Crippen LogP contribution in [0.2, 0.25) is 0 Å². The predicted octanol–water partition coefficient (Wildman–Crippen LogP) is -1.08. The summed E-state index contributed by atoms with van der Waals surface area (Å²) < 4.78 is 11.4. The highest BCUT2D eigenvalue weighted by molar-refractivity contribution is 5.31. The van der Waals surface area contributed by atoms with E-state index in [4.69, 9.17) is 9.47 Å². The van der Waals surface area contributed by atoms with Gasteiger partial charge >= 0.3 is 0 Å². The fourth-order valence-electron chi connectivity index (χ4n) is 3.70. The minimum Gasteiger partial charge on any atom is -0.385 e. The van der Waals surface area contributed by atoms with Gasteiger partial charge < -0.3 is 24.8 Å². The van der Waals surface area contributed by atoms with E-state index in [0.717, 1.165) is 58.8 Å². The molecule has 0 unspecified atom stereocenters. The zero-order valence-electron chi connectivity index (χ0n) is 14.6. The number of benzene rings is 1. The molecule has 5 nitrogen and oxygen atoms in total. The maximum atomic E-state index is 10.2. The van der Waals surface area contributed by atoms with Crippen molar-refractivity contribution in [3.8, 4) is 0 Å². The summed E-state index contributed by atoms with van der Waals surface area (Å²) in [5.74, 6) is 0. The Balaban J connectivity index is 1.32. The van der Waals surface area contributed by atoms with Gasteiger partial charge in [-0.2, -0.15) is 0 Å². The number of hydrogen-bond acceptors (Lipinski definition) is 3. The first kappa shape index (κ1) is 17.8. The molecule has 0 amide bonds. The van der Waals surface area contributed by atoms with Crippen molar-refractivity contribution in [2.45, 2.75) is 31.5 Å². The lowest BCUT2D eigenvalue weighted by Crippen LogP contribution is -3.16. The zero-order chi connectivity index (χ0) is 16.6. The van der Waals surface area contributed by atoms with Crippen LogP contribution in [0, 0.1) is 0 Å². The molecule has 134 valence electrons. The SMILES string of the molecule is O[C@@H](C[NH2+]CC[NH+]1CCOCC1)CO[C@H]1CCCc2ccccc21. The minimum atomic E-state index is -0.390. The lowest BCUT2D eigenvalue weighted by molar-refractivity contribution is -0.919. The van der Waals surface area contributed by atoms with Gasteiger partial charge in [0.15, 0.2) is 0 Å². The average molecular weight is 336 g/mol. The number of aliphatic hydroxyl groups is 1. The normalized spacial score (nSPS) is 23.0. The second-order valence-electron chi connectivity index (χ2n) is 6.99. The van der Waals surface area contributed by atoms with Crippen molar-refractivity contribution in [3.05, 3.63) is 35.4 Å². The fraction of sp³-hybridized carbons (Fsp3) is 0.684. The molecular formula is C19H32N2O3+2. The van der Waals surface area contributed by atoms with Crippen LogP contribution in [0.3, 0.4) is 0 Å². The summed E-state index contributed by atoms with van der Waals surface area (Å²) in [6.07, 6.45) is 3.15. The molecule has 24 heavy (non-hydrogen) atoms. The molecular weight excluding hydrogens is 304 g/mol. The summed E-state index contributed by atoms with van der Waals surface area (Å²) in [6, 6.07) is 8.55. The number of rotatable bonds is 8. The third-order valence-corrected chi connectivity index (χ3v) is 5.14. The van der Waals surface area contributed by atoms with Gasteiger partial charge in [-0.1, -0.05) is 24.3 Å². The maximum Gasteiger partial charge on any atom is 0.127 e. The van der Waals surface area contributed by atoms with E-state index < -0.39 is 6.10 Å². The second kappa shape index (κ2) is 9.49. The molecule has 1 saturated heterocycles. The number of nitrogens with two attached hydrogens (primary N) is 1. The summed E-state index contributed by atoms with van der Waals surface area (Å²) in [6.45, 7) is 7.34. The molecule has 1 heterocycles. The number of ether oxygens (including phenoxy) is 2. The molecule has 1 aliphatic carbocycles. The van der Waals surface area contributed by atoms with E-state index in [0.29, 0.717) is 6.61 Å². The molecule has 0 radical (unpaired) electrons. The van der Waals surface area contributed by atoms with Crippen molar-refractivity contribution in [3.63, 3.8) is 0 Å². The maximum absolute atomic E-state index is 10.2. The third kappa shape index (κ3) is 5.26. The van der Waals surface area contributed by atoms with E-state index in [2.05, 4.69) is 29.6 Å². The van der Waals surface area contributed by atoms with Gasteiger partial charge in [0.2, 0.25) is 0 Å². The molecule has 5 heteroatoms. The lowest BCUT2D eigenvalue weighted by Gasteiger charge is -2.26. The largest absolute Gasteiger partial charge is 0.385 e. The molecule has 0 saturated carbocycles. The van der Waals surface area contributed by atoms with Gasteiger partial charge in [-0.15, -0.1) is 0 Å². The van der Waals surface area contributed by atoms with Gasteiger partial charge in [0.05, 0.1) is 25.9 Å². The highest BCUT2D eigenvalue weighted by Gasteiger charge is 2.21. The highest BCUT2D eigenvalue weighted by Crippen LogP contribution is 2.32. The quantitative estimate of drug-likeness (QED) is 0.529. The number of hydrogen-bond donors (Lipinski definition) is 3. The minimum absolute atomic E-state index is 0.155. The van der Waals surface area contributed by atoms with Crippen LogP contribution in [-0.4, -0.2) is 63.8 Å². The molecule has 1 fully saturated rings. The van der Waals surface area contributed by atoms with Gasteiger partial charge in [-0.3, -0.25) is 0 Å². The van der Waals surface area contributed by atoms with Crippen molar-refractivity contribution in [2.75, 3.05) is 52.5 Å². The first-order valence-electron chi connectivity index (χ1n) is 9.43. The Labute approximate surface area is 144 Å². The van der Waals surface area contributed by atoms with Crippen LogP contribution in [0.5, 0.6) is 0 Å². The van der Waals surface area contributed by atoms with E-state index in [1.54, 1.807) is 4.90 Å². The number of fused-ring (bicyclic) bond motifs is 1. The van der Waals surface area contributed by atoms with E-state index in [-0.39, 0.29) is 6.10 Å². The van der Waals surface area contributed by atoms with Crippen LogP contribution in [0.1, 0.15) is 30.1 Å². The number of nitrogens with one attached hydrogen (secondary N) is 1. The fourth-order valence-corrected chi connectivity index (χ4v) is 3.70. The number of morpholine rings is 1. The highest BCUT2D eigenvalue weighted by atomic mass is 16.5. The third-order valence-electron chi connectivity index (χ3n) is 5.14. The molecule has 2 atom stereocenters. The Bertz CT molecular complexity index is 491. The topological polar surface area (TPSA) is 59.7 Å². The van der Waals surface area contributed by atoms with Crippen LogP contribution in [0.4, 0.5) is 0 Å². The summed E-state index contributed by atoms with van der Waals surface area (Å²) in [5.41, 5.74) is 2.72. The van der Waals surface area contributed by atoms with Crippen LogP contribution in [0.15, 0.2) is 24.3 Å². The summed E-state index contributed by atoms with van der Waals surface area (Å²) in [7, 11) is 0. The number of aliphatic hydroxyl groups excluding tert-OH is 1. The van der Waals surface area contributed by atoms with Gasteiger partial charge in [0, 0.05) is 0 Å². The smallest absolute Gasteiger partial charge is 0.127 e. The van der Waals surface area contributed by atoms with E-state index in [9.17, 15) is 5.11 Å². The number of quaternary nitrogens is 2. The van der Waals surface area contributed by atoms with Crippen molar-refractivity contribution in [2.24, 2.45) is 0 Å². The standard InChI is InChI=1S/C19H30N2O3/c22-17(14-20-8-9-21-10-12-23-13-11-21)15-24-19-7-3-5-16-4-1-2-6-18(16)19/h1-2,4,6,17,19-20,22H,3,5,7-15H2/p+2/t17-,19-/m0/s1. The Hall–Kier alpha value is -0.980. The van der Waals surface area contributed by atoms with Gasteiger partial charge in [-0.05, 0) is 30.4 Å². The van der Waals surface area contributed by atoms with E-state index in [1.807, 2.05) is 0 Å². The average Bonchev–Trinajstić information content (AvgIpc) is 2.64. The molecule has 1 aromatic carbocycles. The molecule has 0 bridgehead atoms. The van der Waals surface area contributed by atoms with Crippen LogP contribution in [-0.2, 0) is 15.9 Å². The van der Waals surface area contributed by atoms with Crippen molar-refractivity contribution in [1.82, 2.24) is 0 Å². The second-order valence-corrected chi connectivity index (χ2v) is 6.99. The molecule has 2 aliphatic rings. The zero-order valence-corrected chi connectivity index (χ0v) is 14.6. The first-order valence-corrected chi connectivity index (χ1v) is 9.43.